The molecule has 0 aliphatic rings. The van der Waals surface area contributed by atoms with Crippen molar-refractivity contribution in [2.45, 2.75) is 45.8 Å². The van der Waals surface area contributed by atoms with E-state index in [1.165, 1.54) is 12.1 Å². The quantitative estimate of drug-likeness (QED) is 0.833. The van der Waals surface area contributed by atoms with Gasteiger partial charge in [-0.3, -0.25) is 0 Å². The Balaban J connectivity index is 2.97. The first-order valence-corrected chi connectivity index (χ1v) is 5.68. The SMILES string of the molecule is CCCC(O)c1ccc(F)cc1OC(C)C. The van der Waals surface area contributed by atoms with E-state index in [-0.39, 0.29) is 11.9 Å². The Hall–Kier alpha value is -1.09. The highest BCUT2D eigenvalue weighted by molar-refractivity contribution is 5.35. The minimum Gasteiger partial charge on any atom is -0.491 e. The number of benzene rings is 1. The van der Waals surface area contributed by atoms with Crippen LogP contribution in [0.15, 0.2) is 18.2 Å². The Morgan fingerprint density at radius 2 is 2.06 bits per heavy atom. The highest BCUT2D eigenvalue weighted by Gasteiger charge is 2.14. The van der Waals surface area contributed by atoms with Gasteiger partial charge in [0.2, 0.25) is 0 Å². The molecule has 1 rings (SSSR count). The Morgan fingerprint density at radius 1 is 1.38 bits per heavy atom. The number of aliphatic hydroxyl groups is 1. The van der Waals surface area contributed by atoms with E-state index in [4.69, 9.17) is 4.74 Å². The fourth-order valence-corrected chi connectivity index (χ4v) is 1.57. The summed E-state index contributed by atoms with van der Waals surface area (Å²) >= 11 is 0. The number of rotatable bonds is 5. The highest BCUT2D eigenvalue weighted by atomic mass is 19.1. The van der Waals surface area contributed by atoms with Crippen molar-refractivity contribution in [2.24, 2.45) is 0 Å². The number of hydrogen-bond donors (Lipinski definition) is 1. The van der Waals surface area contributed by atoms with E-state index in [1.807, 2.05) is 20.8 Å². The minimum atomic E-state index is -0.584. The average molecular weight is 226 g/mol. The first-order chi connectivity index (χ1) is 7.54. The predicted molar refractivity (Wildman–Crippen MR) is 62.0 cm³/mol. The van der Waals surface area contributed by atoms with E-state index in [2.05, 4.69) is 0 Å². The third-order valence-electron chi connectivity index (χ3n) is 2.26. The first kappa shape index (κ1) is 13.0. The number of ether oxygens (including phenoxy) is 1. The standard InChI is InChI=1S/C13H19FO2/c1-4-5-12(15)11-7-6-10(14)8-13(11)16-9(2)3/h6-9,12,15H,4-5H2,1-3H3. The molecule has 1 aromatic rings. The van der Waals surface area contributed by atoms with E-state index >= 15 is 0 Å². The summed E-state index contributed by atoms with van der Waals surface area (Å²) in [4.78, 5) is 0. The summed E-state index contributed by atoms with van der Waals surface area (Å²) in [6.45, 7) is 5.75. The molecule has 3 heteroatoms. The second kappa shape index (κ2) is 5.85. The van der Waals surface area contributed by atoms with Gasteiger partial charge in [0, 0.05) is 11.6 Å². The maximum absolute atomic E-state index is 13.1. The van der Waals surface area contributed by atoms with Crippen LogP contribution in [0, 0.1) is 5.82 Å². The lowest BCUT2D eigenvalue weighted by Crippen LogP contribution is -2.09. The fourth-order valence-electron chi connectivity index (χ4n) is 1.57. The third-order valence-corrected chi connectivity index (χ3v) is 2.26. The molecule has 0 fully saturated rings. The summed E-state index contributed by atoms with van der Waals surface area (Å²) in [6, 6.07) is 4.27. The molecular formula is C13H19FO2. The van der Waals surface area contributed by atoms with Crippen molar-refractivity contribution < 1.29 is 14.2 Å². The summed E-state index contributed by atoms with van der Waals surface area (Å²) in [5.74, 6) is 0.0963. The molecule has 1 N–H and O–H groups in total. The Bertz CT molecular complexity index is 337. The molecule has 0 heterocycles. The normalized spacial score (nSPS) is 12.9. The van der Waals surface area contributed by atoms with E-state index in [0.717, 1.165) is 6.42 Å². The van der Waals surface area contributed by atoms with Crippen LogP contribution in [-0.2, 0) is 0 Å². The molecule has 1 unspecified atom stereocenters. The molecule has 0 aliphatic heterocycles. The molecule has 1 atom stereocenters. The van der Waals surface area contributed by atoms with Gasteiger partial charge >= 0.3 is 0 Å². The van der Waals surface area contributed by atoms with Crippen LogP contribution >= 0.6 is 0 Å². The van der Waals surface area contributed by atoms with Crippen LogP contribution in [0.2, 0.25) is 0 Å². The Morgan fingerprint density at radius 3 is 2.62 bits per heavy atom. The lowest BCUT2D eigenvalue weighted by atomic mass is 10.0. The van der Waals surface area contributed by atoms with E-state index < -0.39 is 6.10 Å². The molecule has 0 radical (unpaired) electrons. The van der Waals surface area contributed by atoms with Gasteiger partial charge in [-0.2, -0.15) is 0 Å². The second-order valence-corrected chi connectivity index (χ2v) is 4.15. The molecule has 0 amide bonds. The molecule has 0 saturated heterocycles. The average Bonchev–Trinajstić information content (AvgIpc) is 2.16. The van der Waals surface area contributed by atoms with E-state index in [0.29, 0.717) is 17.7 Å². The zero-order valence-electron chi connectivity index (χ0n) is 10.0. The largest absolute Gasteiger partial charge is 0.491 e. The maximum atomic E-state index is 13.1. The van der Waals surface area contributed by atoms with Crippen LogP contribution in [0.1, 0.15) is 45.3 Å². The van der Waals surface area contributed by atoms with Gasteiger partial charge in [0.1, 0.15) is 11.6 Å². The lowest BCUT2D eigenvalue weighted by Gasteiger charge is -2.17. The van der Waals surface area contributed by atoms with Crippen LogP contribution in [0.5, 0.6) is 5.75 Å². The van der Waals surface area contributed by atoms with Crippen molar-refractivity contribution in [1.29, 1.82) is 0 Å². The summed E-state index contributed by atoms with van der Waals surface area (Å²) in [6.07, 6.45) is 0.911. The molecule has 16 heavy (non-hydrogen) atoms. The van der Waals surface area contributed by atoms with Gasteiger partial charge in [-0.15, -0.1) is 0 Å². The summed E-state index contributed by atoms with van der Waals surface area (Å²) < 4.78 is 18.6. The van der Waals surface area contributed by atoms with Gasteiger partial charge < -0.3 is 9.84 Å². The minimum absolute atomic E-state index is 0.0330. The van der Waals surface area contributed by atoms with Crippen LogP contribution in [0.25, 0.3) is 0 Å². The predicted octanol–water partition coefficient (Wildman–Crippen LogP) is 3.45. The van der Waals surface area contributed by atoms with Gasteiger partial charge in [0.15, 0.2) is 0 Å². The molecular weight excluding hydrogens is 207 g/mol. The highest BCUT2D eigenvalue weighted by Crippen LogP contribution is 2.29. The molecule has 0 spiro atoms. The van der Waals surface area contributed by atoms with Gasteiger partial charge in [0.05, 0.1) is 12.2 Å². The molecule has 1 aromatic carbocycles. The lowest BCUT2D eigenvalue weighted by molar-refractivity contribution is 0.155. The Labute approximate surface area is 96.1 Å². The van der Waals surface area contributed by atoms with E-state index in [9.17, 15) is 9.50 Å². The molecule has 0 aromatic heterocycles. The van der Waals surface area contributed by atoms with Crippen molar-refractivity contribution in [3.8, 4) is 5.75 Å². The van der Waals surface area contributed by atoms with Crippen LogP contribution < -0.4 is 4.74 Å². The number of hydrogen-bond acceptors (Lipinski definition) is 2. The van der Waals surface area contributed by atoms with Gasteiger partial charge in [-0.05, 0) is 32.4 Å². The zero-order chi connectivity index (χ0) is 12.1. The van der Waals surface area contributed by atoms with Crippen molar-refractivity contribution in [2.75, 3.05) is 0 Å². The fraction of sp³-hybridized carbons (Fsp3) is 0.538. The van der Waals surface area contributed by atoms with Crippen molar-refractivity contribution in [3.63, 3.8) is 0 Å². The summed E-state index contributed by atoms with van der Waals surface area (Å²) in [5.41, 5.74) is 0.664. The van der Waals surface area contributed by atoms with Gasteiger partial charge in [-0.1, -0.05) is 13.3 Å². The van der Waals surface area contributed by atoms with Crippen LogP contribution in [0.3, 0.4) is 0 Å². The third kappa shape index (κ3) is 3.49. The zero-order valence-corrected chi connectivity index (χ0v) is 10.0. The van der Waals surface area contributed by atoms with Crippen molar-refractivity contribution >= 4 is 0 Å². The van der Waals surface area contributed by atoms with Gasteiger partial charge in [0.25, 0.3) is 0 Å². The monoisotopic (exact) mass is 226 g/mol. The second-order valence-electron chi connectivity index (χ2n) is 4.15. The molecule has 0 aliphatic carbocycles. The number of halogens is 1. The maximum Gasteiger partial charge on any atom is 0.128 e. The van der Waals surface area contributed by atoms with Gasteiger partial charge in [-0.25, -0.2) is 4.39 Å². The molecule has 90 valence electrons. The van der Waals surface area contributed by atoms with E-state index in [1.54, 1.807) is 6.07 Å². The van der Waals surface area contributed by atoms with Crippen molar-refractivity contribution in [1.82, 2.24) is 0 Å². The van der Waals surface area contributed by atoms with Crippen LogP contribution in [-0.4, -0.2) is 11.2 Å². The summed E-state index contributed by atoms with van der Waals surface area (Å²) in [5, 5.41) is 9.90. The molecule has 2 nitrogen and oxygen atoms in total. The number of aliphatic hydroxyl groups excluding tert-OH is 1. The molecule has 0 saturated carbocycles. The Kier molecular flexibility index (Phi) is 4.74. The smallest absolute Gasteiger partial charge is 0.128 e. The topological polar surface area (TPSA) is 29.5 Å². The first-order valence-electron chi connectivity index (χ1n) is 5.68. The van der Waals surface area contributed by atoms with Crippen LogP contribution in [0.4, 0.5) is 4.39 Å². The summed E-state index contributed by atoms with van der Waals surface area (Å²) in [7, 11) is 0. The van der Waals surface area contributed by atoms with Crippen molar-refractivity contribution in [3.05, 3.63) is 29.6 Å². The molecule has 0 bridgehead atoms.